The van der Waals surface area contributed by atoms with E-state index in [1.54, 1.807) is 22.2 Å². The van der Waals surface area contributed by atoms with Crippen molar-refractivity contribution in [2.24, 2.45) is 5.92 Å². The monoisotopic (exact) mass is 249 g/mol. The van der Waals surface area contributed by atoms with Crippen LogP contribution in [0.15, 0.2) is 6.33 Å². The van der Waals surface area contributed by atoms with Crippen LogP contribution in [0.5, 0.6) is 0 Å². The Labute approximate surface area is 103 Å². The molecular weight excluding hydrogens is 234 g/mol. The lowest BCUT2D eigenvalue weighted by Crippen LogP contribution is -2.30. The molecule has 1 aliphatic heterocycles. The van der Waals surface area contributed by atoms with Crippen LogP contribution in [0.1, 0.15) is 43.2 Å². The molecule has 0 spiro atoms. The highest BCUT2D eigenvalue weighted by Crippen LogP contribution is 2.39. The summed E-state index contributed by atoms with van der Waals surface area (Å²) in [5, 5.41) is 17.4. The number of nitrogens with zero attached hydrogens (tertiary/aromatic N) is 4. The minimum Gasteiger partial charge on any atom is -0.305 e. The third-order valence-corrected chi connectivity index (χ3v) is 5.09. The predicted octanol–water partition coefficient (Wildman–Crippen LogP) is 1.78. The minimum absolute atomic E-state index is 0.440. The van der Waals surface area contributed by atoms with Crippen molar-refractivity contribution in [3.63, 3.8) is 0 Å². The van der Waals surface area contributed by atoms with Crippen LogP contribution < -0.4 is 5.32 Å². The standard InChI is InChI=1S/C11H15N5S/c1-2-4-8-7(3-1)5-9(13-8)10-15-16-6-12-14-11(16)17-10/h6-9,13H,1-5H2. The third kappa shape index (κ3) is 1.58. The number of hydrogen-bond donors (Lipinski definition) is 1. The van der Waals surface area contributed by atoms with E-state index in [1.807, 2.05) is 0 Å². The van der Waals surface area contributed by atoms with Crippen LogP contribution >= 0.6 is 11.3 Å². The molecule has 2 aliphatic rings. The second-order valence-electron chi connectivity index (χ2n) is 5.10. The normalized spacial score (nSPS) is 33.1. The zero-order valence-corrected chi connectivity index (χ0v) is 10.4. The van der Waals surface area contributed by atoms with Gasteiger partial charge in [0.05, 0.1) is 6.04 Å². The minimum atomic E-state index is 0.440. The summed E-state index contributed by atoms with van der Waals surface area (Å²) in [4.78, 5) is 0.900. The lowest BCUT2D eigenvalue weighted by Gasteiger charge is -2.24. The average Bonchev–Trinajstić information content (AvgIpc) is 3.01. The van der Waals surface area contributed by atoms with E-state index in [0.717, 1.165) is 16.9 Å². The zero-order chi connectivity index (χ0) is 11.2. The maximum Gasteiger partial charge on any atom is 0.234 e. The number of rotatable bonds is 1. The Morgan fingerprint density at radius 3 is 3.18 bits per heavy atom. The molecule has 2 aromatic heterocycles. The van der Waals surface area contributed by atoms with E-state index in [-0.39, 0.29) is 0 Å². The number of fused-ring (bicyclic) bond motifs is 2. The summed E-state index contributed by atoms with van der Waals surface area (Å²) in [5.74, 6) is 0.864. The molecule has 1 saturated heterocycles. The van der Waals surface area contributed by atoms with Gasteiger partial charge in [-0.1, -0.05) is 24.2 Å². The molecule has 17 heavy (non-hydrogen) atoms. The smallest absolute Gasteiger partial charge is 0.234 e. The predicted molar refractivity (Wildman–Crippen MR) is 64.9 cm³/mol. The molecule has 0 aromatic carbocycles. The van der Waals surface area contributed by atoms with E-state index in [0.29, 0.717) is 6.04 Å². The Bertz CT molecular complexity index is 490. The van der Waals surface area contributed by atoms with Crippen LogP contribution in [0, 0.1) is 5.92 Å². The molecule has 1 N–H and O–H groups in total. The molecule has 0 bridgehead atoms. The highest BCUT2D eigenvalue weighted by Gasteiger charge is 2.37. The second kappa shape index (κ2) is 3.74. The van der Waals surface area contributed by atoms with Crippen LogP contribution in [-0.4, -0.2) is 25.9 Å². The zero-order valence-electron chi connectivity index (χ0n) is 9.54. The molecule has 90 valence electrons. The summed E-state index contributed by atoms with van der Waals surface area (Å²) in [6.45, 7) is 0. The second-order valence-corrected chi connectivity index (χ2v) is 6.09. The van der Waals surface area contributed by atoms with Gasteiger partial charge in [0.25, 0.3) is 0 Å². The Hall–Kier alpha value is -1.01. The van der Waals surface area contributed by atoms with Crippen molar-refractivity contribution in [3.05, 3.63) is 11.3 Å². The first-order valence-corrected chi connectivity index (χ1v) is 7.14. The Balaban J connectivity index is 1.61. The van der Waals surface area contributed by atoms with Crippen molar-refractivity contribution in [3.8, 4) is 0 Å². The Morgan fingerprint density at radius 2 is 2.29 bits per heavy atom. The molecule has 1 aliphatic carbocycles. The van der Waals surface area contributed by atoms with E-state index in [4.69, 9.17) is 0 Å². The SMILES string of the molecule is c1nnc2sc(C3CC4CCCCC4N3)nn12. The molecule has 4 rings (SSSR count). The molecular formula is C11H15N5S. The van der Waals surface area contributed by atoms with E-state index in [2.05, 4.69) is 20.6 Å². The molecule has 2 fully saturated rings. The Kier molecular flexibility index (Phi) is 2.19. The molecule has 5 nitrogen and oxygen atoms in total. The van der Waals surface area contributed by atoms with E-state index in [9.17, 15) is 0 Å². The molecule has 3 heterocycles. The van der Waals surface area contributed by atoms with Gasteiger partial charge in [-0.25, -0.2) is 0 Å². The van der Waals surface area contributed by atoms with Crippen molar-refractivity contribution in [2.75, 3.05) is 0 Å². The first kappa shape index (κ1) is 9.96. The highest BCUT2D eigenvalue weighted by molar-refractivity contribution is 7.16. The molecule has 3 atom stereocenters. The van der Waals surface area contributed by atoms with Gasteiger partial charge in [0.1, 0.15) is 11.3 Å². The highest BCUT2D eigenvalue weighted by atomic mass is 32.1. The van der Waals surface area contributed by atoms with Gasteiger partial charge in [-0.3, -0.25) is 0 Å². The molecule has 6 heteroatoms. The number of nitrogens with one attached hydrogen (secondary N) is 1. The van der Waals surface area contributed by atoms with Crippen LogP contribution in [0.25, 0.3) is 4.96 Å². The average molecular weight is 249 g/mol. The number of aromatic nitrogens is 4. The first-order valence-electron chi connectivity index (χ1n) is 6.33. The van der Waals surface area contributed by atoms with Crippen LogP contribution in [0.3, 0.4) is 0 Å². The van der Waals surface area contributed by atoms with Crippen molar-refractivity contribution in [2.45, 2.75) is 44.2 Å². The maximum absolute atomic E-state index is 4.56. The summed E-state index contributed by atoms with van der Waals surface area (Å²) in [6, 6.07) is 1.16. The van der Waals surface area contributed by atoms with Gasteiger partial charge < -0.3 is 5.32 Å². The summed E-state index contributed by atoms with van der Waals surface area (Å²) in [7, 11) is 0. The van der Waals surface area contributed by atoms with Gasteiger partial charge in [-0.15, -0.1) is 10.2 Å². The number of hydrogen-bond acceptors (Lipinski definition) is 5. The Morgan fingerprint density at radius 1 is 1.35 bits per heavy atom. The molecule has 1 saturated carbocycles. The van der Waals surface area contributed by atoms with E-state index in [1.165, 1.54) is 37.1 Å². The molecule has 3 unspecified atom stereocenters. The molecule has 0 radical (unpaired) electrons. The quantitative estimate of drug-likeness (QED) is 0.837. The van der Waals surface area contributed by atoms with Gasteiger partial charge in [0, 0.05) is 6.04 Å². The van der Waals surface area contributed by atoms with Gasteiger partial charge >= 0.3 is 0 Å². The fourth-order valence-corrected chi connectivity index (χ4v) is 4.12. The van der Waals surface area contributed by atoms with Gasteiger partial charge in [-0.2, -0.15) is 9.61 Å². The van der Waals surface area contributed by atoms with Crippen molar-refractivity contribution >= 4 is 16.3 Å². The fourth-order valence-electron chi connectivity index (χ4n) is 3.23. The topological polar surface area (TPSA) is 55.1 Å². The van der Waals surface area contributed by atoms with Crippen LogP contribution in [-0.2, 0) is 0 Å². The lowest BCUT2D eigenvalue weighted by atomic mass is 9.85. The fraction of sp³-hybridized carbons (Fsp3) is 0.727. The summed E-state index contributed by atoms with van der Waals surface area (Å²) in [5.41, 5.74) is 0. The van der Waals surface area contributed by atoms with Crippen molar-refractivity contribution in [1.29, 1.82) is 0 Å². The van der Waals surface area contributed by atoms with Crippen molar-refractivity contribution in [1.82, 2.24) is 25.1 Å². The van der Waals surface area contributed by atoms with Crippen LogP contribution in [0.2, 0.25) is 0 Å². The summed E-state index contributed by atoms with van der Waals surface area (Å²) < 4.78 is 1.78. The largest absolute Gasteiger partial charge is 0.305 e. The lowest BCUT2D eigenvalue weighted by molar-refractivity contribution is 0.325. The van der Waals surface area contributed by atoms with Gasteiger partial charge in [0.2, 0.25) is 4.96 Å². The summed E-state index contributed by atoms with van der Waals surface area (Å²) in [6.07, 6.45) is 8.43. The molecule has 2 aromatic rings. The van der Waals surface area contributed by atoms with Gasteiger partial charge in [0.15, 0.2) is 0 Å². The van der Waals surface area contributed by atoms with E-state index >= 15 is 0 Å². The van der Waals surface area contributed by atoms with E-state index < -0.39 is 0 Å². The third-order valence-electron chi connectivity index (χ3n) is 4.06. The van der Waals surface area contributed by atoms with Crippen LogP contribution in [0.4, 0.5) is 0 Å². The molecule has 0 amide bonds. The van der Waals surface area contributed by atoms with Gasteiger partial charge in [-0.05, 0) is 25.2 Å². The van der Waals surface area contributed by atoms with Crippen molar-refractivity contribution < 1.29 is 0 Å². The first-order chi connectivity index (χ1) is 8.40. The summed E-state index contributed by atoms with van der Waals surface area (Å²) >= 11 is 1.66. The maximum atomic E-state index is 4.56.